The molecule has 0 aromatic heterocycles. The van der Waals surface area contributed by atoms with E-state index < -0.39 is 10.9 Å². The molecule has 2 N–H and O–H groups in total. The fourth-order valence-electron chi connectivity index (χ4n) is 2.08. The molecule has 0 fully saturated rings. The first-order valence-electron chi connectivity index (χ1n) is 8.38. The molecule has 2 aromatic carbocycles. The maximum atomic E-state index is 10.6. The monoisotopic (exact) mass is 386 g/mol. The third kappa shape index (κ3) is 7.75. The summed E-state index contributed by atoms with van der Waals surface area (Å²) in [6.45, 7) is 6.49. The van der Waals surface area contributed by atoms with Crippen LogP contribution in [0.2, 0.25) is 0 Å². The number of hydrogen-bond donors (Lipinski definition) is 2. The topological polar surface area (TPSA) is 129 Å². The van der Waals surface area contributed by atoms with Gasteiger partial charge in [-0.05, 0) is 43.3 Å². The molecule has 0 atom stereocenters. The highest BCUT2D eigenvalue weighted by Crippen LogP contribution is 2.23. The number of nitro groups is 1. The molecular weight excluding hydrogens is 364 g/mol. The number of carboxylic acids is 1. The minimum atomic E-state index is -0.981. The highest BCUT2D eigenvalue weighted by atomic mass is 16.6. The molecule has 0 heterocycles. The lowest BCUT2D eigenvalue weighted by Gasteiger charge is -2.21. The molecule has 0 aliphatic heterocycles. The largest absolute Gasteiger partial charge is 0.478 e. The average molecular weight is 386 g/mol. The molecular formula is C19H22N4O5. The third-order valence-electron chi connectivity index (χ3n) is 3.48. The van der Waals surface area contributed by atoms with E-state index in [4.69, 9.17) is 10.2 Å². The number of nitro benzene ring substituents is 1. The van der Waals surface area contributed by atoms with Crippen molar-refractivity contribution in [2.45, 2.75) is 6.92 Å². The van der Waals surface area contributed by atoms with Crippen LogP contribution in [0.15, 0.2) is 71.4 Å². The summed E-state index contributed by atoms with van der Waals surface area (Å²) in [6.07, 6.45) is 0.833. The van der Waals surface area contributed by atoms with Crippen LogP contribution in [-0.4, -0.2) is 40.8 Å². The van der Waals surface area contributed by atoms with Crippen LogP contribution in [0.3, 0.4) is 0 Å². The molecule has 9 heteroatoms. The quantitative estimate of drug-likeness (QED) is 0.304. The number of non-ortho nitro benzene ring substituents is 1. The third-order valence-corrected chi connectivity index (χ3v) is 3.48. The van der Waals surface area contributed by atoms with Gasteiger partial charge in [-0.2, -0.15) is 10.2 Å². The van der Waals surface area contributed by atoms with Crippen LogP contribution in [0.25, 0.3) is 0 Å². The first-order valence-corrected chi connectivity index (χ1v) is 8.38. The van der Waals surface area contributed by atoms with Gasteiger partial charge >= 0.3 is 5.97 Å². The van der Waals surface area contributed by atoms with E-state index in [1.54, 1.807) is 12.1 Å². The fourth-order valence-corrected chi connectivity index (χ4v) is 2.08. The summed E-state index contributed by atoms with van der Waals surface area (Å²) in [7, 11) is 0. The van der Waals surface area contributed by atoms with Crippen LogP contribution in [0.5, 0.6) is 0 Å². The lowest BCUT2D eigenvalue weighted by molar-refractivity contribution is -0.384. The number of carbonyl (C=O) groups is 1. The molecule has 2 rings (SSSR count). The summed E-state index contributed by atoms with van der Waals surface area (Å²) >= 11 is 0. The predicted molar refractivity (Wildman–Crippen MR) is 107 cm³/mol. The summed E-state index contributed by atoms with van der Waals surface area (Å²) in [6, 6.07) is 13.4. The Hall–Kier alpha value is -3.59. The molecule has 28 heavy (non-hydrogen) atoms. The van der Waals surface area contributed by atoms with Crippen LogP contribution in [0.4, 0.5) is 22.7 Å². The number of aliphatic hydroxyl groups excluding tert-OH is 1. The number of hydrogen-bond acceptors (Lipinski definition) is 7. The second-order valence-corrected chi connectivity index (χ2v) is 5.34. The van der Waals surface area contributed by atoms with E-state index in [0.29, 0.717) is 17.9 Å². The fraction of sp³-hybridized carbons (Fsp3) is 0.211. The lowest BCUT2D eigenvalue weighted by Crippen LogP contribution is -2.25. The second-order valence-electron chi connectivity index (χ2n) is 5.34. The Morgan fingerprint density at radius 2 is 1.61 bits per heavy atom. The highest BCUT2D eigenvalue weighted by Gasteiger charge is 2.04. The number of nitrogens with zero attached hydrogens (tertiary/aromatic N) is 4. The van der Waals surface area contributed by atoms with Gasteiger partial charge in [0.25, 0.3) is 5.69 Å². The minimum Gasteiger partial charge on any atom is -0.478 e. The van der Waals surface area contributed by atoms with E-state index in [1.165, 1.54) is 12.1 Å². The van der Waals surface area contributed by atoms with Crippen LogP contribution in [0.1, 0.15) is 6.92 Å². The van der Waals surface area contributed by atoms with Crippen molar-refractivity contribution in [2.75, 3.05) is 24.6 Å². The Labute approximate surface area is 162 Å². The Bertz CT molecular complexity index is 804. The molecule has 0 bridgehead atoms. The number of anilines is 1. The number of aliphatic hydroxyl groups is 1. The van der Waals surface area contributed by atoms with Gasteiger partial charge in [-0.3, -0.25) is 10.1 Å². The van der Waals surface area contributed by atoms with Gasteiger partial charge in [0.15, 0.2) is 0 Å². The molecule has 0 amide bonds. The molecule has 9 nitrogen and oxygen atoms in total. The van der Waals surface area contributed by atoms with Crippen molar-refractivity contribution in [2.24, 2.45) is 10.2 Å². The van der Waals surface area contributed by atoms with Crippen molar-refractivity contribution < 1.29 is 19.9 Å². The van der Waals surface area contributed by atoms with E-state index >= 15 is 0 Å². The summed E-state index contributed by atoms with van der Waals surface area (Å²) in [4.78, 5) is 21.4. The number of likely N-dealkylation sites (N-methyl/N-ethyl adjacent to an activating group) is 1. The maximum Gasteiger partial charge on any atom is 0.327 e. The second kappa shape index (κ2) is 11.9. The normalized spacial score (nSPS) is 10.1. The van der Waals surface area contributed by atoms with Crippen LogP contribution in [-0.2, 0) is 4.79 Å². The molecule has 0 aliphatic rings. The summed E-state index contributed by atoms with van der Waals surface area (Å²) in [5, 5.41) is 35.4. The van der Waals surface area contributed by atoms with E-state index in [1.807, 2.05) is 31.2 Å². The van der Waals surface area contributed by atoms with Gasteiger partial charge in [0.2, 0.25) is 0 Å². The molecule has 0 aliphatic carbocycles. The minimum absolute atomic E-state index is 0.0249. The summed E-state index contributed by atoms with van der Waals surface area (Å²) < 4.78 is 0. The van der Waals surface area contributed by atoms with Gasteiger partial charge < -0.3 is 15.1 Å². The standard InChI is InChI=1S/C16H18N4O3.C3H4O2/c1-2-19(11-12-21)15-7-3-13(4-8-15)17-18-14-5-9-16(10-6-14)20(22)23;1-2-3(4)5/h3-10,21H,2,11-12H2,1H3;2H,1H2,(H,4,5)/b18-17+;. The zero-order valence-electron chi connectivity index (χ0n) is 15.4. The smallest absolute Gasteiger partial charge is 0.327 e. The zero-order chi connectivity index (χ0) is 20.9. The van der Waals surface area contributed by atoms with Crippen LogP contribution in [0, 0.1) is 10.1 Å². The van der Waals surface area contributed by atoms with Gasteiger partial charge in [0.1, 0.15) is 0 Å². The van der Waals surface area contributed by atoms with E-state index in [9.17, 15) is 14.9 Å². The van der Waals surface area contributed by atoms with Gasteiger partial charge in [0.05, 0.1) is 22.9 Å². The first kappa shape index (κ1) is 22.5. The lowest BCUT2D eigenvalue weighted by atomic mass is 10.2. The van der Waals surface area contributed by atoms with Crippen LogP contribution >= 0.6 is 0 Å². The number of rotatable bonds is 8. The SMILES string of the molecule is C=CC(=O)O.CCN(CCO)c1ccc(/N=N/c2ccc([N+](=O)[O-])cc2)cc1. The number of benzene rings is 2. The zero-order valence-corrected chi connectivity index (χ0v) is 15.4. The molecule has 148 valence electrons. The first-order chi connectivity index (χ1) is 13.4. The maximum absolute atomic E-state index is 10.6. The summed E-state index contributed by atoms with van der Waals surface area (Å²) in [5.74, 6) is -0.981. The van der Waals surface area contributed by atoms with E-state index in [0.717, 1.165) is 18.3 Å². The Morgan fingerprint density at radius 1 is 1.14 bits per heavy atom. The molecule has 0 saturated heterocycles. The van der Waals surface area contributed by atoms with Crippen molar-refractivity contribution in [3.05, 3.63) is 71.3 Å². The Kier molecular flexibility index (Phi) is 9.55. The van der Waals surface area contributed by atoms with Gasteiger partial charge in [-0.25, -0.2) is 4.79 Å². The van der Waals surface area contributed by atoms with E-state index in [-0.39, 0.29) is 12.3 Å². The molecule has 0 radical (unpaired) electrons. The van der Waals surface area contributed by atoms with Gasteiger partial charge in [-0.15, -0.1) is 0 Å². The Balaban J connectivity index is 0.000000696. The number of azo groups is 1. The highest BCUT2D eigenvalue weighted by molar-refractivity contribution is 5.78. The van der Waals surface area contributed by atoms with Crippen molar-refractivity contribution >= 4 is 28.7 Å². The molecule has 0 unspecified atom stereocenters. The van der Waals surface area contributed by atoms with Crippen molar-refractivity contribution in [1.82, 2.24) is 0 Å². The molecule has 0 saturated carbocycles. The van der Waals surface area contributed by atoms with Gasteiger partial charge in [0, 0.05) is 37.0 Å². The Morgan fingerprint density at radius 3 is 1.96 bits per heavy atom. The average Bonchev–Trinajstić information content (AvgIpc) is 2.71. The van der Waals surface area contributed by atoms with Crippen molar-refractivity contribution in [3.63, 3.8) is 0 Å². The van der Waals surface area contributed by atoms with Crippen molar-refractivity contribution in [1.29, 1.82) is 0 Å². The number of carboxylic acid groups (broad SMARTS) is 1. The summed E-state index contributed by atoms with van der Waals surface area (Å²) in [5.41, 5.74) is 2.27. The molecule has 0 spiro atoms. The van der Waals surface area contributed by atoms with Crippen LogP contribution < -0.4 is 4.90 Å². The van der Waals surface area contributed by atoms with E-state index in [2.05, 4.69) is 21.7 Å². The predicted octanol–water partition coefficient (Wildman–Crippen LogP) is 4.09. The number of aliphatic carboxylic acids is 1. The molecule has 2 aromatic rings. The van der Waals surface area contributed by atoms with Gasteiger partial charge in [-0.1, -0.05) is 6.58 Å². The van der Waals surface area contributed by atoms with Crippen molar-refractivity contribution in [3.8, 4) is 0 Å².